The molecule has 1 aliphatic carbocycles. The second-order valence-electron chi connectivity index (χ2n) is 7.46. The minimum atomic E-state index is -0.284. The molecule has 0 radical (unpaired) electrons. The molecule has 4 rings (SSSR count). The first-order valence-electron chi connectivity index (χ1n) is 10.1. The molecule has 0 bridgehead atoms. The van der Waals surface area contributed by atoms with Gasteiger partial charge < -0.3 is 14.6 Å². The Morgan fingerprint density at radius 3 is 2.66 bits per heavy atom. The Hall–Kier alpha value is -1.97. The number of rotatable bonds is 8. The molecule has 1 amide bonds. The molecular formula is C20H26FN5O2S. The lowest BCUT2D eigenvalue weighted by Gasteiger charge is -2.27. The normalized spacial score (nSPS) is 18.6. The number of benzene rings is 1. The predicted molar refractivity (Wildman–Crippen MR) is 109 cm³/mol. The van der Waals surface area contributed by atoms with Crippen LogP contribution in [0, 0.1) is 5.82 Å². The lowest BCUT2D eigenvalue weighted by atomic mass is 10.2. The molecule has 1 atom stereocenters. The quantitative estimate of drug-likeness (QED) is 0.662. The van der Waals surface area contributed by atoms with Crippen LogP contribution in [0.2, 0.25) is 0 Å². The Kier molecular flexibility index (Phi) is 6.46. The first-order chi connectivity index (χ1) is 14.1. The molecule has 1 aliphatic heterocycles. The standard InChI is InChI=1S/C20H26FN5O2S/c1-14(19(27)22-17-6-7-17)29-20-24-23-18(15-2-4-16(21)5-3-15)26(20)9-8-25-10-12-28-13-11-25/h2-5,14,17H,6-13H2,1H3,(H,22,27)/t14-/m0/s1. The summed E-state index contributed by atoms with van der Waals surface area (Å²) in [5.41, 5.74) is 0.808. The second kappa shape index (κ2) is 9.23. The van der Waals surface area contributed by atoms with Gasteiger partial charge in [0.25, 0.3) is 0 Å². The van der Waals surface area contributed by atoms with E-state index in [1.54, 1.807) is 12.1 Å². The van der Waals surface area contributed by atoms with Crippen molar-refractivity contribution in [2.45, 2.75) is 42.8 Å². The van der Waals surface area contributed by atoms with Crippen LogP contribution < -0.4 is 5.32 Å². The number of aromatic nitrogens is 3. The van der Waals surface area contributed by atoms with E-state index in [-0.39, 0.29) is 17.0 Å². The molecule has 1 saturated carbocycles. The summed E-state index contributed by atoms with van der Waals surface area (Å²) in [5, 5.41) is 12.2. The fraction of sp³-hybridized carbons (Fsp3) is 0.550. The van der Waals surface area contributed by atoms with E-state index in [2.05, 4.69) is 20.4 Å². The molecule has 29 heavy (non-hydrogen) atoms. The van der Waals surface area contributed by atoms with Gasteiger partial charge in [-0.3, -0.25) is 9.69 Å². The number of hydrogen-bond donors (Lipinski definition) is 1. The monoisotopic (exact) mass is 419 g/mol. The number of carbonyl (C=O) groups excluding carboxylic acids is 1. The summed E-state index contributed by atoms with van der Waals surface area (Å²) >= 11 is 1.41. The molecule has 2 aromatic rings. The maximum Gasteiger partial charge on any atom is 0.233 e. The fourth-order valence-corrected chi connectivity index (χ4v) is 4.10. The van der Waals surface area contributed by atoms with Gasteiger partial charge in [0.1, 0.15) is 5.82 Å². The topological polar surface area (TPSA) is 72.3 Å². The van der Waals surface area contributed by atoms with Gasteiger partial charge in [0.05, 0.1) is 18.5 Å². The minimum Gasteiger partial charge on any atom is -0.379 e. The summed E-state index contributed by atoms with van der Waals surface area (Å²) in [4.78, 5) is 14.7. The van der Waals surface area contributed by atoms with Gasteiger partial charge in [-0.1, -0.05) is 11.8 Å². The van der Waals surface area contributed by atoms with Crippen LogP contribution >= 0.6 is 11.8 Å². The SMILES string of the molecule is C[C@H](Sc1nnc(-c2ccc(F)cc2)n1CCN1CCOCC1)C(=O)NC1CC1. The van der Waals surface area contributed by atoms with Crippen LogP contribution in [0.25, 0.3) is 11.4 Å². The summed E-state index contributed by atoms with van der Waals surface area (Å²) in [7, 11) is 0. The number of morpholine rings is 1. The van der Waals surface area contributed by atoms with Crippen LogP contribution in [0.1, 0.15) is 19.8 Å². The van der Waals surface area contributed by atoms with Crippen molar-refractivity contribution in [1.82, 2.24) is 25.0 Å². The van der Waals surface area contributed by atoms with Crippen molar-refractivity contribution in [2.75, 3.05) is 32.8 Å². The second-order valence-corrected chi connectivity index (χ2v) is 8.77. The van der Waals surface area contributed by atoms with Gasteiger partial charge in [-0.05, 0) is 44.0 Å². The van der Waals surface area contributed by atoms with Crippen molar-refractivity contribution >= 4 is 17.7 Å². The first kappa shape index (κ1) is 20.3. The average Bonchev–Trinajstić information content (AvgIpc) is 3.46. The van der Waals surface area contributed by atoms with Gasteiger partial charge in [0.15, 0.2) is 11.0 Å². The molecule has 0 unspecified atom stereocenters. The highest BCUT2D eigenvalue weighted by Gasteiger charge is 2.27. The molecule has 7 nitrogen and oxygen atoms in total. The fourth-order valence-electron chi connectivity index (χ4n) is 3.21. The van der Waals surface area contributed by atoms with Gasteiger partial charge >= 0.3 is 0 Å². The van der Waals surface area contributed by atoms with E-state index >= 15 is 0 Å². The highest BCUT2D eigenvalue weighted by Crippen LogP contribution is 2.28. The van der Waals surface area contributed by atoms with E-state index in [1.807, 2.05) is 11.5 Å². The van der Waals surface area contributed by atoms with Crippen LogP contribution in [0.5, 0.6) is 0 Å². The zero-order valence-corrected chi connectivity index (χ0v) is 17.3. The van der Waals surface area contributed by atoms with Gasteiger partial charge in [-0.15, -0.1) is 10.2 Å². The number of halogens is 1. The molecule has 9 heteroatoms. The zero-order valence-electron chi connectivity index (χ0n) is 16.5. The summed E-state index contributed by atoms with van der Waals surface area (Å²) in [5.74, 6) is 0.437. The Morgan fingerprint density at radius 1 is 1.24 bits per heavy atom. The molecule has 156 valence electrons. The average molecular weight is 420 g/mol. The van der Waals surface area contributed by atoms with Crippen molar-refractivity contribution in [3.63, 3.8) is 0 Å². The van der Waals surface area contributed by atoms with Gasteiger partial charge in [0.2, 0.25) is 5.91 Å². The third kappa shape index (κ3) is 5.34. The smallest absolute Gasteiger partial charge is 0.233 e. The third-order valence-electron chi connectivity index (χ3n) is 5.14. The van der Waals surface area contributed by atoms with E-state index in [0.717, 1.165) is 51.3 Å². The summed E-state index contributed by atoms with van der Waals surface area (Å²) in [6.07, 6.45) is 2.13. The first-order valence-corrected chi connectivity index (χ1v) is 10.9. The van der Waals surface area contributed by atoms with E-state index in [0.29, 0.717) is 23.6 Å². The zero-order chi connectivity index (χ0) is 20.2. The molecule has 1 aromatic heterocycles. The molecule has 2 heterocycles. The highest BCUT2D eigenvalue weighted by molar-refractivity contribution is 8.00. The number of nitrogens with one attached hydrogen (secondary N) is 1. The number of thioether (sulfide) groups is 1. The van der Waals surface area contributed by atoms with E-state index in [1.165, 1.54) is 23.9 Å². The highest BCUT2D eigenvalue weighted by atomic mass is 32.2. The number of ether oxygens (including phenoxy) is 1. The lowest BCUT2D eigenvalue weighted by molar-refractivity contribution is -0.120. The van der Waals surface area contributed by atoms with Crippen LogP contribution in [-0.2, 0) is 16.1 Å². The summed E-state index contributed by atoms with van der Waals surface area (Å²) in [6, 6.07) is 6.60. The number of nitrogens with zero attached hydrogens (tertiary/aromatic N) is 4. The molecule has 1 aromatic carbocycles. The van der Waals surface area contributed by atoms with Crippen LogP contribution in [0.3, 0.4) is 0 Å². The number of amides is 1. The Bertz CT molecular complexity index is 834. The summed E-state index contributed by atoms with van der Waals surface area (Å²) < 4.78 is 20.8. The summed E-state index contributed by atoms with van der Waals surface area (Å²) in [6.45, 7) is 6.71. The largest absolute Gasteiger partial charge is 0.379 e. The molecular weight excluding hydrogens is 393 g/mol. The molecule has 1 N–H and O–H groups in total. The third-order valence-corrected chi connectivity index (χ3v) is 6.22. The maximum atomic E-state index is 13.4. The Balaban J connectivity index is 1.52. The van der Waals surface area contributed by atoms with Gasteiger partial charge in [-0.2, -0.15) is 0 Å². The van der Waals surface area contributed by atoms with Crippen LogP contribution in [0.4, 0.5) is 4.39 Å². The van der Waals surface area contributed by atoms with Crippen molar-refractivity contribution < 1.29 is 13.9 Å². The van der Waals surface area contributed by atoms with Gasteiger partial charge in [-0.25, -0.2) is 4.39 Å². The molecule has 2 fully saturated rings. The van der Waals surface area contributed by atoms with E-state index < -0.39 is 0 Å². The molecule has 1 saturated heterocycles. The lowest BCUT2D eigenvalue weighted by Crippen LogP contribution is -2.38. The molecule has 0 spiro atoms. The maximum absolute atomic E-state index is 13.4. The predicted octanol–water partition coefficient (Wildman–Crippen LogP) is 2.18. The number of carbonyl (C=O) groups is 1. The Morgan fingerprint density at radius 2 is 1.97 bits per heavy atom. The van der Waals surface area contributed by atoms with E-state index in [4.69, 9.17) is 4.74 Å². The van der Waals surface area contributed by atoms with Crippen molar-refractivity contribution in [1.29, 1.82) is 0 Å². The Labute approximate surface area is 174 Å². The van der Waals surface area contributed by atoms with Crippen molar-refractivity contribution in [3.05, 3.63) is 30.1 Å². The van der Waals surface area contributed by atoms with Crippen LogP contribution in [0.15, 0.2) is 29.4 Å². The van der Waals surface area contributed by atoms with Crippen molar-refractivity contribution in [3.8, 4) is 11.4 Å². The van der Waals surface area contributed by atoms with Crippen LogP contribution in [-0.4, -0.2) is 69.7 Å². The van der Waals surface area contributed by atoms with Crippen molar-refractivity contribution in [2.24, 2.45) is 0 Å². The van der Waals surface area contributed by atoms with Gasteiger partial charge in [0, 0.05) is 37.8 Å². The van der Waals surface area contributed by atoms with E-state index in [9.17, 15) is 9.18 Å². The molecule has 2 aliphatic rings. The minimum absolute atomic E-state index is 0.0311. The number of hydrogen-bond acceptors (Lipinski definition) is 6.